The van der Waals surface area contributed by atoms with Crippen LogP contribution in [0.1, 0.15) is 81.1 Å². The first-order valence-corrected chi connectivity index (χ1v) is 19.1. The van der Waals surface area contributed by atoms with Crippen LogP contribution < -0.4 is 10.4 Å². The smallest absolute Gasteiger partial charge is 0.225 e. The number of nitrogens with zero attached hydrogens (tertiary/aromatic N) is 2. The molecule has 2 aromatic rings. The van der Waals surface area contributed by atoms with E-state index >= 15 is 0 Å². The Labute approximate surface area is 223 Å². The molecule has 0 fully saturated rings. The van der Waals surface area contributed by atoms with E-state index < -0.39 is 16.6 Å². The average molecular weight is 529 g/mol. The normalized spacial score (nSPS) is 12.6. The molecule has 0 unspecified atom stereocenters. The molecular formula is C30H52N2O2Si2. The third-order valence-electron chi connectivity index (χ3n) is 6.84. The summed E-state index contributed by atoms with van der Waals surface area (Å²) >= 11 is 0. The summed E-state index contributed by atoms with van der Waals surface area (Å²) in [5.41, 5.74) is 1.87. The maximum atomic E-state index is 6.72. The highest BCUT2D eigenvalue weighted by atomic mass is 28.4. The highest BCUT2D eigenvalue weighted by Crippen LogP contribution is 2.25. The Bertz CT molecular complexity index is 784. The summed E-state index contributed by atoms with van der Waals surface area (Å²) < 4.78 is 13.4. The van der Waals surface area contributed by atoms with Crippen LogP contribution >= 0.6 is 0 Å². The van der Waals surface area contributed by atoms with Crippen LogP contribution in [-0.4, -0.2) is 39.8 Å². The molecule has 0 spiro atoms. The van der Waals surface area contributed by atoms with Crippen LogP contribution in [0.25, 0.3) is 11.4 Å². The SMILES string of the molecule is CCC[Si](CCC)(OCC(C)C)c1ccc(-c2ccc([Si](CCC)(CCC)OCC(C)C)cn2)nc1. The summed E-state index contributed by atoms with van der Waals surface area (Å²) in [4.78, 5) is 9.81. The minimum Gasteiger partial charge on any atom is -0.412 e. The molecule has 2 aromatic heterocycles. The first kappa shape index (κ1) is 30.9. The van der Waals surface area contributed by atoms with Crippen molar-refractivity contribution in [1.82, 2.24) is 9.97 Å². The summed E-state index contributed by atoms with van der Waals surface area (Å²) in [6.07, 6.45) is 8.76. The van der Waals surface area contributed by atoms with Crippen LogP contribution in [0.15, 0.2) is 36.7 Å². The van der Waals surface area contributed by atoms with E-state index in [0.717, 1.165) is 74.5 Å². The van der Waals surface area contributed by atoms with Crippen molar-refractivity contribution in [2.75, 3.05) is 13.2 Å². The molecule has 0 aliphatic heterocycles. The third kappa shape index (κ3) is 8.33. The summed E-state index contributed by atoms with van der Waals surface area (Å²) in [5.74, 6) is 1.09. The fourth-order valence-corrected chi connectivity index (χ4v) is 13.7. The Hall–Kier alpha value is -1.35. The molecule has 0 aromatic carbocycles. The Morgan fingerprint density at radius 3 is 1.14 bits per heavy atom. The molecule has 0 aliphatic carbocycles. The van der Waals surface area contributed by atoms with Gasteiger partial charge in [-0.2, -0.15) is 0 Å². The van der Waals surface area contributed by atoms with E-state index in [1.54, 1.807) is 0 Å². The second-order valence-corrected chi connectivity index (χ2v) is 19.0. The van der Waals surface area contributed by atoms with Crippen LogP contribution in [0.5, 0.6) is 0 Å². The number of rotatable bonds is 17. The van der Waals surface area contributed by atoms with Crippen LogP contribution in [-0.2, 0) is 8.85 Å². The lowest BCUT2D eigenvalue weighted by molar-refractivity contribution is 0.260. The second-order valence-electron chi connectivity index (χ2n) is 11.3. The van der Waals surface area contributed by atoms with Gasteiger partial charge >= 0.3 is 0 Å². The van der Waals surface area contributed by atoms with Crippen molar-refractivity contribution < 1.29 is 8.85 Å². The van der Waals surface area contributed by atoms with Crippen LogP contribution in [0.2, 0.25) is 24.2 Å². The Kier molecular flexibility index (Phi) is 13.0. The topological polar surface area (TPSA) is 44.2 Å². The minimum atomic E-state index is -2.02. The van der Waals surface area contributed by atoms with E-state index in [1.165, 1.54) is 10.4 Å². The van der Waals surface area contributed by atoms with Crippen molar-refractivity contribution in [3.8, 4) is 11.4 Å². The molecule has 0 atom stereocenters. The summed E-state index contributed by atoms with van der Waals surface area (Å²) in [6.45, 7) is 19.7. The van der Waals surface area contributed by atoms with Crippen molar-refractivity contribution in [2.24, 2.45) is 11.8 Å². The van der Waals surface area contributed by atoms with Gasteiger partial charge in [0.1, 0.15) is 0 Å². The highest BCUT2D eigenvalue weighted by Gasteiger charge is 2.37. The van der Waals surface area contributed by atoms with Gasteiger partial charge in [0.05, 0.1) is 11.4 Å². The van der Waals surface area contributed by atoms with Gasteiger partial charge in [-0.25, -0.2) is 0 Å². The van der Waals surface area contributed by atoms with Crippen molar-refractivity contribution in [2.45, 2.75) is 105 Å². The maximum absolute atomic E-state index is 6.72. The number of pyridine rings is 2. The highest BCUT2D eigenvalue weighted by molar-refractivity contribution is 6.87. The molecule has 0 N–H and O–H groups in total. The molecule has 0 saturated carbocycles. The number of hydrogen-bond acceptors (Lipinski definition) is 4. The second kappa shape index (κ2) is 15.2. The van der Waals surface area contributed by atoms with E-state index in [4.69, 9.17) is 18.8 Å². The van der Waals surface area contributed by atoms with Crippen LogP contribution in [0.4, 0.5) is 0 Å². The molecule has 2 rings (SSSR count). The quantitative estimate of drug-likeness (QED) is 0.200. The molecule has 0 aliphatic rings. The molecule has 4 nitrogen and oxygen atoms in total. The molecule has 0 amide bonds. The van der Waals surface area contributed by atoms with Crippen molar-refractivity contribution in [3.05, 3.63) is 36.7 Å². The molecule has 0 saturated heterocycles. The fourth-order valence-electron chi connectivity index (χ4n) is 5.18. The molecular weight excluding hydrogens is 477 g/mol. The summed E-state index contributed by atoms with van der Waals surface area (Å²) in [5, 5.41) is 2.65. The van der Waals surface area contributed by atoms with Gasteiger partial charge in [-0.05, 0) is 58.5 Å². The fraction of sp³-hybridized carbons (Fsp3) is 0.667. The number of hydrogen-bond donors (Lipinski definition) is 0. The Morgan fingerprint density at radius 2 is 0.917 bits per heavy atom. The van der Waals surface area contributed by atoms with E-state index in [1.807, 2.05) is 0 Å². The largest absolute Gasteiger partial charge is 0.412 e. The van der Waals surface area contributed by atoms with E-state index in [0.29, 0.717) is 11.8 Å². The Morgan fingerprint density at radius 1 is 0.583 bits per heavy atom. The lowest BCUT2D eigenvalue weighted by atomic mass is 10.2. The first-order chi connectivity index (χ1) is 17.3. The van der Waals surface area contributed by atoms with Crippen LogP contribution in [0, 0.1) is 11.8 Å². The zero-order valence-electron chi connectivity index (χ0n) is 24.4. The summed E-state index contributed by atoms with van der Waals surface area (Å²) in [6, 6.07) is 13.5. The van der Waals surface area contributed by atoms with E-state index in [9.17, 15) is 0 Å². The molecule has 0 radical (unpaired) electrons. The van der Waals surface area contributed by atoms with E-state index in [2.05, 4.69) is 92.0 Å². The lowest BCUT2D eigenvalue weighted by Crippen LogP contribution is -2.51. The monoisotopic (exact) mass is 528 g/mol. The average Bonchev–Trinajstić information content (AvgIpc) is 2.86. The molecule has 202 valence electrons. The van der Waals surface area contributed by atoms with Gasteiger partial charge in [-0.3, -0.25) is 9.97 Å². The number of aromatic nitrogens is 2. The van der Waals surface area contributed by atoms with Gasteiger partial charge < -0.3 is 8.85 Å². The molecule has 6 heteroatoms. The zero-order valence-corrected chi connectivity index (χ0v) is 26.4. The summed E-state index contributed by atoms with van der Waals surface area (Å²) in [7, 11) is -4.05. The van der Waals surface area contributed by atoms with Gasteiger partial charge in [-0.1, -0.05) is 93.2 Å². The zero-order chi connectivity index (χ0) is 26.6. The first-order valence-electron chi connectivity index (χ1n) is 14.5. The predicted octanol–water partition coefficient (Wildman–Crippen LogP) is 7.43. The third-order valence-corrected chi connectivity index (χ3v) is 16.2. The lowest BCUT2D eigenvalue weighted by Gasteiger charge is -2.32. The van der Waals surface area contributed by atoms with Gasteiger partial charge in [0, 0.05) is 25.6 Å². The van der Waals surface area contributed by atoms with Crippen molar-refractivity contribution >= 4 is 27.0 Å². The van der Waals surface area contributed by atoms with Gasteiger partial charge in [-0.15, -0.1) is 0 Å². The van der Waals surface area contributed by atoms with Crippen LogP contribution in [0.3, 0.4) is 0 Å². The standard InChI is InChI=1S/C30H52N2O2Si2/c1-9-17-35(18-10-2,33-23-25(5)6)27-13-15-29(31-21-27)30-16-14-28(22-32-30)36(19-11-3,20-12-4)34-24-26(7)8/h13-16,21-22,25-26H,9-12,17-20,23-24H2,1-8H3. The predicted molar refractivity (Wildman–Crippen MR) is 160 cm³/mol. The molecule has 0 bridgehead atoms. The van der Waals surface area contributed by atoms with Gasteiger partial charge in [0.15, 0.2) is 0 Å². The molecule has 2 heterocycles. The van der Waals surface area contributed by atoms with E-state index in [-0.39, 0.29) is 0 Å². The maximum Gasteiger partial charge on any atom is 0.225 e. The minimum absolute atomic E-state index is 0.543. The Balaban J connectivity index is 2.34. The van der Waals surface area contributed by atoms with Crippen molar-refractivity contribution in [1.29, 1.82) is 0 Å². The van der Waals surface area contributed by atoms with Crippen molar-refractivity contribution in [3.63, 3.8) is 0 Å². The van der Waals surface area contributed by atoms with Gasteiger partial charge in [0.2, 0.25) is 16.6 Å². The van der Waals surface area contributed by atoms with Gasteiger partial charge in [0.25, 0.3) is 0 Å². The molecule has 36 heavy (non-hydrogen) atoms.